The Balaban J connectivity index is 2.01. The normalized spacial score (nSPS) is 42.0. The molecule has 0 spiro atoms. The summed E-state index contributed by atoms with van der Waals surface area (Å²) in [4.78, 5) is 0. The van der Waals surface area contributed by atoms with E-state index >= 15 is 0 Å². The Morgan fingerprint density at radius 3 is 2.36 bits per heavy atom. The molecule has 11 heavy (non-hydrogen) atoms. The SMILES string of the molecule is FC1(F)CCC[C@@H]2CCC2C1. The lowest BCUT2D eigenvalue weighted by atomic mass is 9.71. The highest BCUT2D eigenvalue weighted by Crippen LogP contribution is 2.47. The molecule has 0 N–H and O–H groups in total. The number of rotatable bonds is 0. The van der Waals surface area contributed by atoms with Crippen molar-refractivity contribution in [2.75, 3.05) is 0 Å². The van der Waals surface area contributed by atoms with E-state index in [2.05, 4.69) is 0 Å². The number of hydrogen-bond acceptors (Lipinski definition) is 0. The molecule has 0 saturated heterocycles. The molecule has 2 rings (SSSR count). The standard InChI is InChI=1S/C9H14F2/c10-9(11)5-1-2-7-3-4-8(7)6-9/h7-8H,1-6H2/t7-,8?/m1/s1. The number of hydrogen-bond donors (Lipinski definition) is 0. The summed E-state index contributed by atoms with van der Waals surface area (Å²) in [7, 11) is 0. The molecule has 0 amide bonds. The Kier molecular flexibility index (Phi) is 1.66. The van der Waals surface area contributed by atoms with Gasteiger partial charge in [-0.2, -0.15) is 0 Å². The van der Waals surface area contributed by atoms with Crippen molar-refractivity contribution in [1.82, 2.24) is 0 Å². The van der Waals surface area contributed by atoms with Crippen molar-refractivity contribution in [1.29, 1.82) is 0 Å². The van der Waals surface area contributed by atoms with E-state index in [0.29, 0.717) is 11.8 Å². The summed E-state index contributed by atoms with van der Waals surface area (Å²) in [6.07, 6.45) is 4.38. The fourth-order valence-electron chi connectivity index (χ4n) is 2.40. The maximum atomic E-state index is 12.9. The Morgan fingerprint density at radius 2 is 1.73 bits per heavy atom. The third-order valence-corrected chi connectivity index (χ3v) is 3.25. The van der Waals surface area contributed by atoms with Gasteiger partial charge in [0.2, 0.25) is 5.92 Å². The van der Waals surface area contributed by atoms with Crippen molar-refractivity contribution < 1.29 is 8.78 Å². The zero-order valence-electron chi connectivity index (χ0n) is 6.65. The van der Waals surface area contributed by atoms with Gasteiger partial charge >= 0.3 is 0 Å². The highest BCUT2D eigenvalue weighted by Gasteiger charge is 2.42. The van der Waals surface area contributed by atoms with Crippen LogP contribution in [0, 0.1) is 11.8 Å². The lowest BCUT2D eigenvalue weighted by molar-refractivity contribution is -0.0390. The Morgan fingerprint density at radius 1 is 1.00 bits per heavy atom. The molecule has 2 aliphatic rings. The molecule has 0 bridgehead atoms. The Hall–Kier alpha value is -0.140. The number of alkyl halides is 2. The highest BCUT2D eigenvalue weighted by atomic mass is 19.3. The minimum atomic E-state index is -2.33. The quantitative estimate of drug-likeness (QED) is 0.510. The van der Waals surface area contributed by atoms with E-state index in [-0.39, 0.29) is 12.8 Å². The average molecular weight is 160 g/mol. The molecular weight excluding hydrogens is 146 g/mol. The largest absolute Gasteiger partial charge is 0.248 e. The van der Waals surface area contributed by atoms with Gasteiger partial charge < -0.3 is 0 Å². The smallest absolute Gasteiger partial charge is 0.207 e. The van der Waals surface area contributed by atoms with E-state index in [1.165, 1.54) is 6.42 Å². The molecule has 0 nitrogen and oxygen atoms in total. The van der Waals surface area contributed by atoms with Gasteiger partial charge in [0.25, 0.3) is 0 Å². The van der Waals surface area contributed by atoms with Crippen LogP contribution in [0.5, 0.6) is 0 Å². The van der Waals surface area contributed by atoms with E-state index in [9.17, 15) is 8.78 Å². The summed E-state index contributed by atoms with van der Waals surface area (Å²) in [6, 6.07) is 0. The third kappa shape index (κ3) is 1.40. The molecule has 2 aliphatic carbocycles. The molecule has 0 radical (unpaired) electrons. The summed E-state index contributed by atoms with van der Waals surface area (Å²) >= 11 is 0. The number of halogens is 2. The van der Waals surface area contributed by atoms with Crippen molar-refractivity contribution in [2.45, 2.75) is 44.4 Å². The monoisotopic (exact) mass is 160 g/mol. The van der Waals surface area contributed by atoms with Gasteiger partial charge in [0.15, 0.2) is 0 Å². The van der Waals surface area contributed by atoms with Crippen LogP contribution in [0.15, 0.2) is 0 Å². The van der Waals surface area contributed by atoms with Gasteiger partial charge in [-0.25, -0.2) is 8.78 Å². The average Bonchev–Trinajstić information content (AvgIpc) is 1.98. The van der Waals surface area contributed by atoms with Crippen LogP contribution in [-0.4, -0.2) is 5.92 Å². The van der Waals surface area contributed by atoms with E-state index in [0.717, 1.165) is 19.3 Å². The summed E-state index contributed by atoms with van der Waals surface area (Å²) < 4.78 is 25.8. The molecule has 2 heteroatoms. The number of fused-ring (bicyclic) bond motifs is 1. The fourth-order valence-corrected chi connectivity index (χ4v) is 2.40. The van der Waals surface area contributed by atoms with Gasteiger partial charge in [-0.3, -0.25) is 0 Å². The van der Waals surface area contributed by atoms with Crippen molar-refractivity contribution >= 4 is 0 Å². The van der Waals surface area contributed by atoms with Crippen LogP contribution in [0.4, 0.5) is 8.78 Å². The van der Waals surface area contributed by atoms with Crippen LogP contribution in [0.2, 0.25) is 0 Å². The predicted octanol–water partition coefficient (Wildman–Crippen LogP) is 3.22. The summed E-state index contributed by atoms with van der Waals surface area (Å²) in [5, 5.41) is 0. The van der Waals surface area contributed by atoms with Crippen LogP contribution in [0.1, 0.15) is 38.5 Å². The molecule has 0 aliphatic heterocycles. The van der Waals surface area contributed by atoms with Gasteiger partial charge in [0.05, 0.1) is 0 Å². The zero-order valence-corrected chi connectivity index (χ0v) is 6.65. The van der Waals surface area contributed by atoms with Gasteiger partial charge in [0, 0.05) is 12.8 Å². The third-order valence-electron chi connectivity index (χ3n) is 3.25. The summed E-state index contributed by atoms with van der Waals surface area (Å²) in [6.45, 7) is 0. The van der Waals surface area contributed by atoms with Crippen LogP contribution < -0.4 is 0 Å². The molecular formula is C9H14F2. The molecule has 0 heterocycles. The van der Waals surface area contributed by atoms with E-state index in [1.54, 1.807) is 0 Å². The predicted molar refractivity (Wildman–Crippen MR) is 39.6 cm³/mol. The van der Waals surface area contributed by atoms with Gasteiger partial charge in [-0.1, -0.05) is 0 Å². The minimum Gasteiger partial charge on any atom is -0.207 e. The van der Waals surface area contributed by atoms with Gasteiger partial charge in [-0.15, -0.1) is 0 Å². The van der Waals surface area contributed by atoms with Gasteiger partial charge in [0.1, 0.15) is 0 Å². The Labute approximate surface area is 66.0 Å². The van der Waals surface area contributed by atoms with Crippen LogP contribution in [-0.2, 0) is 0 Å². The Bertz CT molecular complexity index is 154. The maximum absolute atomic E-state index is 12.9. The molecule has 1 unspecified atom stereocenters. The maximum Gasteiger partial charge on any atom is 0.248 e. The lowest BCUT2D eigenvalue weighted by Crippen LogP contribution is -2.28. The van der Waals surface area contributed by atoms with Crippen molar-refractivity contribution in [2.24, 2.45) is 11.8 Å². The molecule has 0 aromatic rings. The zero-order chi connectivity index (χ0) is 7.90. The summed E-state index contributed by atoms with van der Waals surface area (Å²) in [5.74, 6) is -1.31. The fraction of sp³-hybridized carbons (Fsp3) is 1.00. The van der Waals surface area contributed by atoms with Gasteiger partial charge in [-0.05, 0) is 37.5 Å². The lowest BCUT2D eigenvalue weighted by Gasteiger charge is -2.35. The van der Waals surface area contributed by atoms with Crippen LogP contribution in [0.3, 0.4) is 0 Å². The van der Waals surface area contributed by atoms with Crippen LogP contribution >= 0.6 is 0 Å². The molecule has 2 fully saturated rings. The second-order valence-electron chi connectivity index (χ2n) is 4.05. The van der Waals surface area contributed by atoms with Crippen molar-refractivity contribution in [3.63, 3.8) is 0 Å². The first-order valence-electron chi connectivity index (χ1n) is 4.55. The minimum absolute atomic E-state index is 0.139. The second-order valence-corrected chi connectivity index (χ2v) is 4.05. The molecule has 0 aromatic heterocycles. The van der Waals surface area contributed by atoms with E-state index in [1.807, 2.05) is 0 Å². The summed E-state index contributed by atoms with van der Waals surface area (Å²) in [5.41, 5.74) is 0. The molecule has 2 atom stereocenters. The molecule has 64 valence electrons. The van der Waals surface area contributed by atoms with Crippen molar-refractivity contribution in [3.8, 4) is 0 Å². The second kappa shape index (κ2) is 2.43. The van der Waals surface area contributed by atoms with E-state index < -0.39 is 5.92 Å². The van der Waals surface area contributed by atoms with Crippen molar-refractivity contribution in [3.05, 3.63) is 0 Å². The molecule has 0 aromatic carbocycles. The first-order chi connectivity index (χ1) is 5.17. The van der Waals surface area contributed by atoms with Crippen LogP contribution in [0.25, 0.3) is 0 Å². The van der Waals surface area contributed by atoms with E-state index in [4.69, 9.17) is 0 Å². The topological polar surface area (TPSA) is 0 Å². The highest BCUT2D eigenvalue weighted by molar-refractivity contribution is 4.88. The molecule has 2 saturated carbocycles. The first kappa shape index (κ1) is 7.51. The first-order valence-corrected chi connectivity index (χ1v) is 4.55.